The van der Waals surface area contributed by atoms with Crippen molar-refractivity contribution in [1.29, 1.82) is 0 Å². The molecule has 5 heteroatoms. The van der Waals surface area contributed by atoms with Gasteiger partial charge in [0.15, 0.2) is 0 Å². The zero-order valence-corrected chi connectivity index (χ0v) is 9.48. The lowest BCUT2D eigenvalue weighted by molar-refractivity contribution is -0.117. The highest BCUT2D eigenvalue weighted by molar-refractivity contribution is 9.10. The molecule has 0 aromatic heterocycles. The highest BCUT2D eigenvalue weighted by Crippen LogP contribution is 2.20. The Balaban J connectivity index is 2.82. The number of benzene rings is 1. The van der Waals surface area contributed by atoms with Gasteiger partial charge in [-0.3, -0.25) is 4.79 Å². The molecule has 1 aromatic rings. The van der Waals surface area contributed by atoms with Gasteiger partial charge in [0.05, 0.1) is 4.83 Å². The average Bonchev–Trinajstić information content (AvgIpc) is 2.09. The second kappa shape index (κ2) is 4.75. The lowest BCUT2D eigenvalue weighted by Crippen LogP contribution is -2.25. The van der Waals surface area contributed by atoms with E-state index in [1.165, 1.54) is 18.2 Å². The first-order valence-corrected chi connectivity index (χ1v) is 5.17. The summed E-state index contributed by atoms with van der Waals surface area (Å²) in [6.07, 6.45) is 0.356. The van der Waals surface area contributed by atoms with E-state index in [0.717, 1.165) is 0 Å². The zero-order chi connectivity index (χ0) is 10.7. The topological polar surface area (TPSA) is 43.1 Å². The number of halogens is 3. The van der Waals surface area contributed by atoms with Gasteiger partial charge in [-0.1, -0.05) is 33.6 Å². The lowest BCUT2D eigenvalue weighted by atomic mass is 10.1. The second-order valence-electron chi connectivity index (χ2n) is 2.81. The smallest absolute Gasteiger partial charge is 0.231 e. The predicted octanol–water partition coefficient (Wildman–Crippen LogP) is 2.27. The fourth-order valence-corrected chi connectivity index (χ4v) is 1.57. The summed E-state index contributed by atoms with van der Waals surface area (Å²) in [5.74, 6) is -0.866. The van der Waals surface area contributed by atoms with Crippen molar-refractivity contribution in [2.24, 2.45) is 5.73 Å². The van der Waals surface area contributed by atoms with Crippen molar-refractivity contribution in [1.82, 2.24) is 0 Å². The van der Waals surface area contributed by atoms with E-state index in [0.29, 0.717) is 17.0 Å². The third kappa shape index (κ3) is 2.96. The summed E-state index contributed by atoms with van der Waals surface area (Å²) < 4.78 is 12.7. The van der Waals surface area contributed by atoms with Gasteiger partial charge in [-0.25, -0.2) is 4.39 Å². The molecular weight excluding hydrogens is 272 g/mol. The number of alkyl halides is 1. The average molecular weight is 281 g/mol. The van der Waals surface area contributed by atoms with Crippen LogP contribution in [0, 0.1) is 5.82 Å². The molecule has 0 radical (unpaired) electrons. The third-order valence-electron chi connectivity index (χ3n) is 1.72. The number of primary amides is 1. The van der Waals surface area contributed by atoms with Gasteiger partial charge in [-0.2, -0.15) is 0 Å². The molecule has 1 amide bonds. The van der Waals surface area contributed by atoms with Crippen molar-refractivity contribution >= 4 is 33.4 Å². The van der Waals surface area contributed by atoms with Crippen molar-refractivity contribution in [2.45, 2.75) is 11.2 Å². The normalized spacial score (nSPS) is 12.5. The first kappa shape index (κ1) is 11.5. The van der Waals surface area contributed by atoms with Crippen LogP contribution in [0.1, 0.15) is 5.56 Å². The largest absolute Gasteiger partial charge is 0.369 e. The number of carbonyl (C=O) groups is 1. The molecule has 1 rings (SSSR count). The van der Waals surface area contributed by atoms with E-state index >= 15 is 0 Å². The molecule has 0 bridgehead atoms. The van der Waals surface area contributed by atoms with Crippen LogP contribution in [0.25, 0.3) is 0 Å². The van der Waals surface area contributed by atoms with Crippen LogP contribution in [0.2, 0.25) is 5.02 Å². The summed E-state index contributed by atoms with van der Waals surface area (Å²) in [6, 6.07) is 4.04. The Kier molecular flexibility index (Phi) is 3.89. The SMILES string of the molecule is NC(=O)C(Br)Cc1ccc(F)cc1Cl. The second-order valence-corrected chi connectivity index (χ2v) is 4.32. The Morgan fingerprint density at radius 2 is 2.29 bits per heavy atom. The molecule has 0 saturated carbocycles. The van der Waals surface area contributed by atoms with Crippen LogP contribution in [-0.2, 0) is 11.2 Å². The van der Waals surface area contributed by atoms with Crippen LogP contribution in [0.3, 0.4) is 0 Å². The van der Waals surface area contributed by atoms with E-state index in [2.05, 4.69) is 15.9 Å². The van der Waals surface area contributed by atoms with Crippen LogP contribution in [0.4, 0.5) is 4.39 Å². The van der Waals surface area contributed by atoms with Crippen molar-refractivity contribution < 1.29 is 9.18 Å². The fraction of sp³-hybridized carbons (Fsp3) is 0.222. The van der Waals surface area contributed by atoms with Gasteiger partial charge in [-0.05, 0) is 24.1 Å². The molecule has 0 aliphatic heterocycles. The number of amides is 1. The monoisotopic (exact) mass is 279 g/mol. The van der Waals surface area contributed by atoms with Crippen molar-refractivity contribution in [2.75, 3.05) is 0 Å². The van der Waals surface area contributed by atoms with Crippen molar-refractivity contribution in [3.8, 4) is 0 Å². The molecule has 0 fully saturated rings. The van der Waals surface area contributed by atoms with Crippen molar-refractivity contribution in [3.63, 3.8) is 0 Å². The summed E-state index contributed by atoms with van der Waals surface area (Å²) in [4.78, 5) is 10.3. The number of nitrogens with two attached hydrogens (primary N) is 1. The Labute approximate surface area is 94.4 Å². The summed E-state index contributed by atoms with van der Waals surface area (Å²) >= 11 is 8.87. The molecule has 1 unspecified atom stereocenters. The summed E-state index contributed by atoms with van der Waals surface area (Å²) in [7, 11) is 0. The summed E-state index contributed by atoms with van der Waals surface area (Å²) in [5, 5.41) is 0.302. The molecule has 14 heavy (non-hydrogen) atoms. The van der Waals surface area contributed by atoms with Gasteiger partial charge < -0.3 is 5.73 Å². The fourth-order valence-electron chi connectivity index (χ4n) is 0.981. The molecule has 76 valence electrons. The molecule has 0 heterocycles. The first-order valence-electron chi connectivity index (χ1n) is 3.88. The van der Waals surface area contributed by atoms with Crippen LogP contribution in [0.15, 0.2) is 18.2 Å². The van der Waals surface area contributed by atoms with E-state index in [-0.39, 0.29) is 0 Å². The van der Waals surface area contributed by atoms with Gasteiger partial charge >= 0.3 is 0 Å². The summed E-state index contributed by atoms with van der Waals surface area (Å²) in [6.45, 7) is 0. The minimum atomic E-state index is -0.481. The maximum absolute atomic E-state index is 12.7. The Morgan fingerprint density at radius 3 is 2.79 bits per heavy atom. The maximum atomic E-state index is 12.7. The molecule has 2 nitrogen and oxygen atoms in total. The van der Waals surface area contributed by atoms with Crippen molar-refractivity contribution in [3.05, 3.63) is 34.6 Å². The zero-order valence-electron chi connectivity index (χ0n) is 7.14. The molecule has 0 aliphatic rings. The molecule has 1 atom stereocenters. The van der Waals surface area contributed by atoms with Gasteiger partial charge in [0.25, 0.3) is 0 Å². The number of hydrogen-bond donors (Lipinski definition) is 1. The van der Waals surface area contributed by atoms with Gasteiger partial charge in [0.2, 0.25) is 5.91 Å². The van der Waals surface area contributed by atoms with E-state index in [1.807, 2.05) is 0 Å². The van der Waals surface area contributed by atoms with Crippen LogP contribution >= 0.6 is 27.5 Å². The first-order chi connectivity index (χ1) is 6.50. The van der Waals surface area contributed by atoms with Gasteiger partial charge in [0, 0.05) is 5.02 Å². The Hall–Kier alpha value is -0.610. The van der Waals surface area contributed by atoms with E-state index < -0.39 is 16.6 Å². The van der Waals surface area contributed by atoms with E-state index in [1.54, 1.807) is 0 Å². The molecule has 1 aromatic carbocycles. The molecular formula is C9H8BrClFNO. The van der Waals surface area contributed by atoms with E-state index in [9.17, 15) is 9.18 Å². The number of rotatable bonds is 3. The van der Waals surface area contributed by atoms with E-state index in [4.69, 9.17) is 17.3 Å². The minimum Gasteiger partial charge on any atom is -0.369 e. The maximum Gasteiger partial charge on any atom is 0.231 e. The Morgan fingerprint density at radius 1 is 1.64 bits per heavy atom. The third-order valence-corrected chi connectivity index (χ3v) is 2.85. The highest BCUT2D eigenvalue weighted by atomic mass is 79.9. The molecule has 0 aliphatic carbocycles. The molecule has 0 saturated heterocycles. The molecule has 2 N–H and O–H groups in total. The quantitative estimate of drug-likeness (QED) is 0.848. The molecule has 0 spiro atoms. The predicted molar refractivity (Wildman–Crippen MR) is 57.0 cm³/mol. The van der Waals surface area contributed by atoms with Crippen LogP contribution < -0.4 is 5.73 Å². The number of carbonyl (C=O) groups excluding carboxylic acids is 1. The highest BCUT2D eigenvalue weighted by Gasteiger charge is 2.13. The minimum absolute atomic E-state index is 0.302. The van der Waals surface area contributed by atoms with Gasteiger partial charge in [-0.15, -0.1) is 0 Å². The lowest BCUT2D eigenvalue weighted by Gasteiger charge is -2.07. The Bertz CT molecular complexity index is 359. The van der Waals surface area contributed by atoms with Crippen LogP contribution in [0.5, 0.6) is 0 Å². The van der Waals surface area contributed by atoms with Crippen LogP contribution in [-0.4, -0.2) is 10.7 Å². The number of hydrogen-bond acceptors (Lipinski definition) is 1. The van der Waals surface area contributed by atoms with Gasteiger partial charge in [0.1, 0.15) is 5.82 Å². The standard InChI is InChI=1S/C9H8BrClFNO/c10-7(9(13)14)3-5-1-2-6(12)4-8(5)11/h1-2,4,7H,3H2,(H2,13,14). The summed E-state index contributed by atoms with van der Waals surface area (Å²) in [5.41, 5.74) is 5.75.